The largest absolute Gasteiger partial charge is 0.457 e. The molecule has 18 heavy (non-hydrogen) atoms. The van der Waals surface area contributed by atoms with Crippen molar-refractivity contribution in [2.45, 2.75) is 40.5 Å². The first kappa shape index (κ1) is 17.6. The van der Waals surface area contributed by atoms with E-state index in [1.54, 1.807) is 0 Å². The maximum Gasteiger partial charge on any atom is 0.378 e. The third-order valence-corrected chi connectivity index (χ3v) is 3.67. The number of rotatable bonds is 6. The van der Waals surface area contributed by atoms with Gasteiger partial charge < -0.3 is 9.47 Å². The van der Waals surface area contributed by atoms with E-state index in [0.717, 1.165) is 34.4 Å². The van der Waals surface area contributed by atoms with Gasteiger partial charge in [-0.1, -0.05) is 27.7 Å². The molecule has 0 unspecified atom stereocenters. The van der Waals surface area contributed by atoms with Crippen LogP contribution >= 0.6 is 21.6 Å². The minimum Gasteiger partial charge on any atom is -0.457 e. The van der Waals surface area contributed by atoms with Crippen molar-refractivity contribution in [1.29, 1.82) is 0 Å². The van der Waals surface area contributed by atoms with Crippen molar-refractivity contribution in [3.8, 4) is 0 Å². The van der Waals surface area contributed by atoms with Gasteiger partial charge in [0, 0.05) is 21.6 Å². The zero-order valence-corrected chi connectivity index (χ0v) is 13.1. The van der Waals surface area contributed by atoms with E-state index in [0.29, 0.717) is 25.0 Å². The molecule has 0 heterocycles. The van der Waals surface area contributed by atoms with Crippen LogP contribution in [-0.2, 0) is 9.47 Å². The van der Waals surface area contributed by atoms with Gasteiger partial charge >= 0.3 is 10.6 Å². The number of ether oxygens (including phenoxy) is 2. The van der Waals surface area contributed by atoms with Crippen LogP contribution < -0.4 is 0 Å². The summed E-state index contributed by atoms with van der Waals surface area (Å²) >= 11 is 0. The van der Waals surface area contributed by atoms with Crippen molar-refractivity contribution < 1.29 is 19.1 Å². The predicted molar refractivity (Wildman–Crippen MR) is 76.8 cm³/mol. The second-order valence-corrected chi connectivity index (χ2v) is 6.73. The van der Waals surface area contributed by atoms with E-state index in [2.05, 4.69) is 27.7 Å². The van der Waals surface area contributed by atoms with Crippen LogP contribution in [0.5, 0.6) is 0 Å². The standard InChI is InChI=1S/C12H22O4S2/c1-9(2)5-7-15-11(13)17-18-12(14)16-8-6-10(3)4/h9-10H,5-8H2,1-4H3. The molecule has 0 saturated heterocycles. The van der Waals surface area contributed by atoms with Crippen LogP contribution in [0.2, 0.25) is 0 Å². The van der Waals surface area contributed by atoms with Crippen molar-refractivity contribution in [2.24, 2.45) is 11.8 Å². The average Bonchev–Trinajstić information content (AvgIpc) is 2.25. The molecule has 106 valence electrons. The van der Waals surface area contributed by atoms with Gasteiger partial charge in [-0.2, -0.15) is 0 Å². The first-order chi connectivity index (χ1) is 8.41. The van der Waals surface area contributed by atoms with Crippen LogP contribution in [0.25, 0.3) is 0 Å². The van der Waals surface area contributed by atoms with E-state index in [4.69, 9.17) is 9.47 Å². The number of hydrogen-bond donors (Lipinski definition) is 0. The summed E-state index contributed by atoms with van der Waals surface area (Å²) in [5.41, 5.74) is 0. The quantitative estimate of drug-likeness (QED) is 0.521. The lowest BCUT2D eigenvalue weighted by Gasteiger charge is -2.06. The van der Waals surface area contributed by atoms with Gasteiger partial charge in [0.2, 0.25) is 0 Å². The highest BCUT2D eigenvalue weighted by Crippen LogP contribution is 2.26. The Morgan fingerprint density at radius 1 is 0.833 bits per heavy atom. The van der Waals surface area contributed by atoms with Crippen molar-refractivity contribution >= 4 is 32.2 Å². The highest BCUT2D eigenvalue weighted by Gasteiger charge is 2.11. The van der Waals surface area contributed by atoms with Gasteiger partial charge in [0.05, 0.1) is 13.2 Å². The normalized spacial score (nSPS) is 10.8. The van der Waals surface area contributed by atoms with Crippen LogP contribution in [0, 0.1) is 11.8 Å². The number of carbonyl (C=O) groups is 2. The van der Waals surface area contributed by atoms with Gasteiger partial charge in [-0.3, -0.25) is 0 Å². The van der Waals surface area contributed by atoms with Gasteiger partial charge in [0.15, 0.2) is 0 Å². The maximum atomic E-state index is 11.2. The molecule has 0 aromatic carbocycles. The molecule has 0 N–H and O–H groups in total. The molecule has 0 amide bonds. The second-order valence-electron chi connectivity index (χ2n) is 4.73. The molecule has 0 rings (SSSR count). The molecule has 4 nitrogen and oxygen atoms in total. The number of carbonyl (C=O) groups excluding carboxylic acids is 2. The van der Waals surface area contributed by atoms with Gasteiger partial charge in [-0.15, -0.1) is 0 Å². The summed E-state index contributed by atoms with van der Waals surface area (Å²) in [6.45, 7) is 9.02. The Morgan fingerprint density at radius 2 is 1.17 bits per heavy atom. The van der Waals surface area contributed by atoms with Gasteiger partial charge in [-0.05, 0) is 24.7 Å². The predicted octanol–water partition coefficient (Wildman–Crippen LogP) is 4.73. The van der Waals surface area contributed by atoms with Crippen LogP contribution in [0.1, 0.15) is 40.5 Å². The molecule has 0 aromatic heterocycles. The maximum absolute atomic E-state index is 11.2. The Balaban J connectivity index is 3.50. The van der Waals surface area contributed by atoms with E-state index in [1.807, 2.05) is 0 Å². The molecule has 0 spiro atoms. The molecule has 0 radical (unpaired) electrons. The summed E-state index contributed by atoms with van der Waals surface area (Å²) in [6, 6.07) is 0. The highest BCUT2D eigenvalue weighted by molar-refractivity contribution is 8.86. The molecule has 6 heteroatoms. The van der Waals surface area contributed by atoms with Crippen molar-refractivity contribution in [1.82, 2.24) is 0 Å². The highest BCUT2D eigenvalue weighted by atomic mass is 33.1. The zero-order chi connectivity index (χ0) is 14.0. The minimum atomic E-state index is -0.443. The molecule has 0 saturated carbocycles. The monoisotopic (exact) mass is 294 g/mol. The van der Waals surface area contributed by atoms with Crippen molar-refractivity contribution in [3.63, 3.8) is 0 Å². The fourth-order valence-corrected chi connectivity index (χ4v) is 1.97. The lowest BCUT2D eigenvalue weighted by molar-refractivity contribution is 0.167. The topological polar surface area (TPSA) is 52.6 Å². The molecule has 0 aliphatic heterocycles. The molecule has 0 bridgehead atoms. The van der Waals surface area contributed by atoms with E-state index in [1.165, 1.54) is 0 Å². The van der Waals surface area contributed by atoms with E-state index in [9.17, 15) is 9.59 Å². The molecule has 0 aliphatic carbocycles. The molecular weight excluding hydrogens is 272 g/mol. The molecule has 0 aliphatic rings. The Hall–Kier alpha value is -0.360. The Bertz CT molecular complexity index is 228. The summed E-state index contributed by atoms with van der Waals surface area (Å²) in [5.74, 6) is 0.993. The Morgan fingerprint density at radius 3 is 1.44 bits per heavy atom. The van der Waals surface area contributed by atoms with Crippen molar-refractivity contribution in [2.75, 3.05) is 13.2 Å². The fourth-order valence-electron chi connectivity index (χ4n) is 0.872. The lowest BCUT2D eigenvalue weighted by Crippen LogP contribution is -2.04. The minimum absolute atomic E-state index is 0.395. The zero-order valence-electron chi connectivity index (χ0n) is 11.4. The van der Waals surface area contributed by atoms with Crippen LogP contribution in [-0.4, -0.2) is 23.8 Å². The van der Waals surface area contributed by atoms with E-state index < -0.39 is 10.6 Å². The summed E-state index contributed by atoms with van der Waals surface area (Å²) < 4.78 is 9.88. The number of hydrogen-bond acceptors (Lipinski definition) is 6. The van der Waals surface area contributed by atoms with Crippen molar-refractivity contribution in [3.05, 3.63) is 0 Å². The van der Waals surface area contributed by atoms with Gasteiger partial charge in [-0.25, -0.2) is 9.59 Å². The summed E-state index contributed by atoms with van der Waals surface area (Å²) in [4.78, 5) is 22.4. The summed E-state index contributed by atoms with van der Waals surface area (Å²) in [6.07, 6.45) is 1.66. The van der Waals surface area contributed by atoms with Crippen LogP contribution in [0.3, 0.4) is 0 Å². The first-order valence-electron chi connectivity index (χ1n) is 6.09. The third kappa shape index (κ3) is 12.1. The SMILES string of the molecule is CC(C)CCOC(=O)SSC(=O)OCCC(C)C. The van der Waals surface area contributed by atoms with Gasteiger partial charge in [0.25, 0.3) is 0 Å². The van der Waals surface area contributed by atoms with Crippen LogP contribution in [0.4, 0.5) is 9.59 Å². The Labute approximate surface area is 117 Å². The van der Waals surface area contributed by atoms with E-state index >= 15 is 0 Å². The molecule has 0 fully saturated rings. The molecule has 0 aromatic rings. The first-order valence-corrected chi connectivity index (χ1v) is 8.24. The second kappa shape index (κ2) is 10.6. The fraction of sp³-hybridized carbons (Fsp3) is 0.833. The Kier molecular flexibility index (Phi) is 10.3. The average molecular weight is 294 g/mol. The van der Waals surface area contributed by atoms with Crippen LogP contribution in [0.15, 0.2) is 0 Å². The lowest BCUT2D eigenvalue weighted by atomic mass is 10.1. The molecule has 0 atom stereocenters. The summed E-state index contributed by atoms with van der Waals surface area (Å²) in [5, 5.41) is -0.886. The smallest absolute Gasteiger partial charge is 0.378 e. The van der Waals surface area contributed by atoms with E-state index in [-0.39, 0.29) is 0 Å². The third-order valence-electron chi connectivity index (χ3n) is 2.01. The van der Waals surface area contributed by atoms with Gasteiger partial charge in [0.1, 0.15) is 0 Å². The summed E-state index contributed by atoms with van der Waals surface area (Å²) in [7, 11) is 1.55. The molecular formula is C12H22O4S2.